The second-order valence-electron chi connectivity index (χ2n) is 3.93. The molecule has 0 fully saturated rings. The highest BCUT2D eigenvalue weighted by atomic mass is 19.4. The van der Waals surface area contributed by atoms with Gasteiger partial charge in [0, 0.05) is 0 Å². The Labute approximate surface area is 101 Å². The van der Waals surface area contributed by atoms with Crippen LogP contribution >= 0.6 is 0 Å². The Morgan fingerprint density at radius 1 is 1.22 bits per heavy atom. The molecule has 0 amide bonds. The third-order valence-corrected chi connectivity index (χ3v) is 2.46. The van der Waals surface area contributed by atoms with Gasteiger partial charge in [0.05, 0.1) is 11.5 Å². The summed E-state index contributed by atoms with van der Waals surface area (Å²) < 4.78 is 49.8. The monoisotopic (exact) mass is 262 g/mol. The largest absolute Gasteiger partial charge is 0.450 e. The minimum absolute atomic E-state index is 0.509. The molecular weight excluding hydrogens is 252 g/mol. The van der Waals surface area contributed by atoms with Gasteiger partial charge in [-0.3, -0.25) is 9.59 Å². The van der Waals surface area contributed by atoms with Gasteiger partial charge in [-0.1, -0.05) is 6.07 Å². The lowest BCUT2D eigenvalue weighted by Crippen LogP contribution is -2.33. The molecule has 1 rings (SSSR count). The third-order valence-electron chi connectivity index (χ3n) is 2.46. The van der Waals surface area contributed by atoms with Gasteiger partial charge in [0.1, 0.15) is 5.82 Å². The molecule has 1 unspecified atom stereocenters. The molecule has 0 heterocycles. The molecule has 0 spiro atoms. The van der Waals surface area contributed by atoms with Crippen LogP contribution in [0.25, 0.3) is 0 Å². The van der Waals surface area contributed by atoms with Crippen LogP contribution < -0.4 is 0 Å². The van der Waals surface area contributed by atoms with E-state index in [4.69, 9.17) is 0 Å². The molecule has 0 N–H and O–H groups in total. The number of rotatable bonds is 3. The van der Waals surface area contributed by atoms with Crippen LogP contribution in [0.1, 0.15) is 22.8 Å². The SMILES string of the molecule is Cc1ccc(C(=O)C(C)C(=O)C(F)(F)F)c(F)c1. The average Bonchev–Trinajstić information content (AvgIpc) is 2.25. The predicted molar refractivity (Wildman–Crippen MR) is 55.7 cm³/mol. The Balaban J connectivity index is 3.04. The number of hydrogen-bond acceptors (Lipinski definition) is 2. The number of aryl methyl sites for hydroxylation is 1. The summed E-state index contributed by atoms with van der Waals surface area (Å²) in [5.41, 5.74) is 0.0181. The van der Waals surface area contributed by atoms with E-state index in [2.05, 4.69) is 0 Å². The van der Waals surface area contributed by atoms with E-state index in [0.29, 0.717) is 5.56 Å². The molecule has 18 heavy (non-hydrogen) atoms. The Kier molecular flexibility index (Phi) is 3.88. The smallest absolute Gasteiger partial charge is 0.293 e. The first kappa shape index (κ1) is 14.3. The van der Waals surface area contributed by atoms with Gasteiger partial charge >= 0.3 is 6.18 Å². The molecule has 0 bridgehead atoms. The fourth-order valence-electron chi connectivity index (χ4n) is 1.42. The van der Waals surface area contributed by atoms with Crippen LogP contribution in [0.5, 0.6) is 0 Å². The van der Waals surface area contributed by atoms with Crippen LogP contribution in [0, 0.1) is 18.7 Å². The van der Waals surface area contributed by atoms with Gasteiger partial charge in [0.15, 0.2) is 5.78 Å². The molecule has 0 aliphatic carbocycles. The molecule has 0 aliphatic heterocycles. The molecule has 6 heteroatoms. The summed E-state index contributed by atoms with van der Waals surface area (Å²) in [6, 6.07) is 3.49. The van der Waals surface area contributed by atoms with E-state index in [9.17, 15) is 27.2 Å². The number of alkyl halides is 3. The lowest BCUT2D eigenvalue weighted by Gasteiger charge is -2.12. The van der Waals surface area contributed by atoms with Crippen molar-refractivity contribution in [2.75, 3.05) is 0 Å². The molecule has 1 atom stereocenters. The van der Waals surface area contributed by atoms with Crippen LogP contribution in [0.2, 0.25) is 0 Å². The van der Waals surface area contributed by atoms with Crippen LogP contribution in [0.3, 0.4) is 0 Å². The summed E-state index contributed by atoms with van der Waals surface area (Å²) in [6.45, 7) is 2.39. The summed E-state index contributed by atoms with van der Waals surface area (Å²) >= 11 is 0. The number of hydrogen-bond donors (Lipinski definition) is 0. The first-order valence-corrected chi connectivity index (χ1v) is 5.06. The lowest BCUT2D eigenvalue weighted by molar-refractivity contribution is -0.173. The fraction of sp³-hybridized carbons (Fsp3) is 0.333. The number of carbonyl (C=O) groups is 2. The second-order valence-corrected chi connectivity index (χ2v) is 3.93. The van der Waals surface area contributed by atoms with Crippen molar-refractivity contribution in [1.82, 2.24) is 0 Å². The number of benzene rings is 1. The van der Waals surface area contributed by atoms with Gasteiger partial charge in [0.25, 0.3) is 0 Å². The van der Waals surface area contributed by atoms with Gasteiger partial charge < -0.3 is 0 Å². The van der Waals surface area contributed by atoms with Crippen LogP contribution in [0.4, 0.5) is 17.6 Å². The van der Waals surface area contributed by atoms with Crippen molar-refractivity contribution >= 4 is 11.6 Å². The Bertz CT molecular complexity index is 491. The minimum atomic E-state index is -5.10. The highest BCUT2D eigenvalue weighted by Crippen LogP contribution is 2.24. The van der Waals surface area contributed by atoms with E-state index in [0.717, 1.165) is 19.1 Å². The van der Waals surface area contributed by atoms with Gasteiger partial charge in [-0.25, -0.2) is 4.39 Å². The second kappa shape index (κ2) is 4.88. The van der Waals surface area contributed by atoms with E-state index >= 15 is 0 Å². The summed E-state index contributed by atoms with van der Waals surface area (Å²) in [6.07, 6.45) is -5.10. The number of halogens is 4. The van der Waals surface area contributed by atoms with Crippen molar-refractivity contribution in [3.63, 3.8) is 0 Å². The summed E-state index contributed by atoms with van der Waals surface area (Å²) in [7, 11) is 0. The maximum atomic E-state index is 13.4. The van der Waals surface area contributed by atoms with Gasteiger partial charge in [-0.2, -0.15) is 13.2 Å². The van der Waals surface area contributed by atoms with Crippen molar-refractivity contribution in [1.29, 1.82) is 0 Å². The van der Waals surface area contributed by atoms with E-state index < -0.39 is 35.0 Å². The van der Waals surface area contributed by atoms with Gasteiger partial charge in [-0.15, -0.1) is 0 Å². The zero-order valence-corrected chi connectivity index (χ0v) is 9.64. The first-order valence-electron chi connectivity index (χ1n) is 5.06. The number of Topliss-reactive ketones (excluding diaryl/α,β-unsaturated/α-hetero) is 2. The maximum Gasteiger partial charge on any atom is 0.450 e. The lowest BCUT2D eigenvalue weighted by atomic mass is 9.94. The molecule has 1 aromatic carbocycles. The van der Waals surface area contributed by atoms with Crippen molar-refractivity contribution < 1.29 is 27.2 Å². The molecular formula is C12H10F4O2. The Morgan fingerprint density at radius 2 is 1.78 bits per heavy atom. The van der Waals surface area contributed by atoms with Crippen molar-refractivity contribution in [2.45, 2.75) is 20.0 Å². The van der Waals surface area contributed by atoms with E-state index in [-0.39, 0.29) is 0 Å². The molecule has 1 aromatic rings. The minimum Gasteiger partial charge on any atom is -0.293 e. The third kappa shape index (κ3) is 2.94. The van der Waals surface area contributed by atoms with Gasteiger partial charge in [-0.05, 0) is 31.5 Å². The van der Waals surface area contributed by atoms with Gasteiger partial charge in [0.2, 0.25) is 5.78 Å². The summed E-state index contributed by atoms with van der Waals surface area (Å²) in [5.74, 6) is -6.22. The Hall–Kier alpha value is -1.72. The maximum absolute atomic E-state index is 13.4. The zero-order chi connectivity index (χ0) is 14.1. The predicted octanol–water partition coefficient (Wildman–Crippen LogP) is 3.08. The van der Waals surface area contributed by atoms with Crippen molar-refractivity contribution in [2.24, 2.45) is 5.92 Å². The Morgan fingerprint density at radius 3 is 2.22 bits per heavy atom. The molecule has 0 saturated heterocycles. The van der Waals surface area contributed by atoms with E-state index in [1.54, 1.807) is 6.92 Å². The number of ketones is 2. The normalized spacial score (nSPS) is 13.2. The average molecular weight is 262 g/mol. The van der Waals surface area contributed by atoms with Crippen LogP contribution in [-0.2, 0) is 4.79 Å². The van der Waals surface area contributed by atoms with Crippen LogP contribution in [0.15, 0.2) is 18.2 Å². The topological polar surface area (TPSA) is 34.1 Å². The van der Waals surface area contributed by atoms with Crippen molar-refractivity contribution in [3.8, 4) is 0 Å². The molecule has 0 radical (unpaired) electrons. The van der Waals surface area contributed by atoms with Crippen LogP contribution in [-0.4, -0.2) is 17.7 Å². The standard InChI is InChI=1S/C12H10F4O2/c1-6-3-4-8(9(13)5-6)10(17)7(2)11(18)12(14,15)16/h3-5,7H,1-2H3. The molecule has 0 aromatic heterocycles. The molecule has 2 nitrogen and oxygen atoms in total. The molecule has 0 saturated carbocycles. The van der Waals surface area contributed by atoms with Crippen molar-refractivity contribution in [3.05, 3.63) is 35.1 Å². The summed E-state index contributed by atoms with van der Waals surface area (Å²) in [5, 5.41) is 0. The number of carbonyl (C=O) groups excluding carboxylic acids is 2. The molecule has 0 aliphatic rings. The molecule has 98 valence electrons. The highest BCUT2D eigenvalue weighted by molar-refractivity contribution is 6.11. The quantitative estimate of drug-likeness (QED) is 0.476. The zero-order valence-electron chi connectivity index (χ0n) is 9.64. The summed E-state index contributed by atoms with van der Waals surface area (Å²) in [4.78, 5) is 22.5. The van der Waals surface area contributed by atoms with E-state index in [1.807, 2.05) is 0 Å². The van der Waals surface area contributed by atoms with E-state index in [1.165, 1.54) is 6.07 Å². The fourth-order valence-corrected chi connectivity index (χ4v) is 1.42. The highest BCUT2D eigenvalue weighted by Gasteiger charge is 2.44. The first-order chi connectivity index (χ1) is 8.14.